The van der Waals surface area contributed by atoms with Crippen LogP contribution in [0.15, 0.2) is 0 Å². The van der Waals surface area contributed by atoms with Gasteiger partial charge in [0.05, 0.1) is 0 Å². The van der Waals surface area contributed by atoms with Gasteiger partial charge in [0, 0.05) is 45.2 Å². The SMILES string of the molecule is CCCN(CCC)C(=O)CCN(CC)C1CC[N]CC1. The maximum atomic E-state index is 12.3. The predicted octanol–water partition coefficient (Wildman–Crippen LogP) is 2.11. The molecule has 20 heavy (non-hydrogen) atoms. The third-order valence-electron chi connectivity index (χ3n) is 4.12. The fourth-order valence-electron chi connectivity index (χ4n) is 3.00. The predicted molar refractivity (Wildman–Crippen MR) is 83.9 cm³/mol. The Hall–Kier alpha value is -0.610. The van der Waals surface area contributed by atoms with Gasteiger partial charge in [-0.15, -0.1) is 0 Å². The van der Waals surface area contributed by atoms with Crippen LogP contribution in [0.2, 0.25) is 0 Å². The minimum Gasteiger partial charge on any atom is -0.343 e. The number of amides is 1. The van der Waals surface area contributed by atoms with Crippen molar-refractivity contribution < 1.29 is 4.79 Å². The van der Waals surface area contributed by atoms with E-state index in [1.165, 1.54) is 0 Å². The Morgan fingerprint density at radius 3 is 2.15 bits per heavy atom. The van der Waals surface area contributed by atoms with Crippen molar-refractivity contribution in [2.24, 2.45) is 0 Å². The lowest BCUT2D eigenvalue weighted by Gasteiger charge is -2.33. The molecule has 0 aliphatic carbocycles. The number of carbonyl (C=O) groups excluding carboxylic acids is 1. The largest absolute Gasteiger partial charge is 0.343 e. The zero-order valence-corrected chi connectivity index (χ0v) is 13.6. The molecule has 1 heterocycles. The summed E-state index contributed by atoms with van der Waals surface area (Å²) in [6.45, 7) is 12.2. The van der Waals surface area contributed by atoms with Crippen LogP contribution in [-0.4, -0.2) is 61.0 Å². The van der Waals surface area contributed by atoms with Crippen LogP contribution >= 0.6 is 0 Å². The van der Waals surface area contributed by atoms with Crippen LogP contribution in [0, 0.1) is 0 Å². The number of nitrogens with zero attached hydrogens (tertiary/aromatic N) is 3. The minimum absolute atomic E-state index is 0.327. The first-order chi connectivity index (χ1) is 9.72. The van der Waals surface area contributed by atoms with Crippen LogP contribution in [0.5, 0.6) is 0 Å². The van der Waals surface area contributed by atoms with Crippen LogP contribution < -0.4 is 5.32 Å². The van der Waals surface area contributed by atoms with Gasteiger partial charge in [-0.1, -0.05) is 20.8 Å². The number of hydrogen-bond donors (Lipinski definition) is 0. The summed E-state index contributed by atoms with van der Waals surface area (Å²) in [5.74, 6) is 0.327. The molecule has 1 aliphatic heterocycles. The summed E-state index contributed by atoms with van der Waals surface area (Å²) in [6, 6.07) is 0.635. The second kappa shape index (κ2) is 10.2. The number of carbonyl (C=O) groups is 1. The van der Waals surface area contributed by atoms with Gasteiger partial charge in [0.1, 0.15) is 0 Å². The molecule has 1 rings (SSSR count). The standard InChI is InChI=1S/C16H32N3O/c1-4-12-19(13-5-2)16(20)9-14-18(6-3)15-7-10-17-11-8-15/h15H,4-14H2,1-3H3. The number of rotatable bonds is 9. The van der Waals surface area contributed by atoms with Crippen LogP contribution in [0.1, 0.15) is 52.9 Å². The van der Waals surface area contributed by atoms with Crippen LogP contribution in [0.4, 0.5) is 0 Å². The van der Waals surface area contributed by atoms with Gasteiger partial charge in [0.25, 0.3) is 0 Å². The van der Waals surface area contributed by atoms with Crippen LogP contribution in [-0.2, 0) is 4.79 Å². The summed E-state index contributed by atoms with van der Waals surface area (Å²) in [6.07, 6.45) is 5.09. The second-order valence-corrected chi connectivity index (χ2v) is 5.66. The molecular formula is C16H32N3O. The molecular weight excluding hydrogens is 250 g/mol. The lowest BCUT2D eigenvalue weighted by atomic mass is 10.0. The average molecular weight is 282 g/mol. The number of hydrogen-bond acceptors (Lipinski definition) is 2. The molecule has 1 saturated heterocycles. The Morgan fingerprint density at radius 1 is 1.05 bits per heavy atom. The monoisotopic (exact) mass is 282 g/mol. The van der Waals surface area contributed by atoms with E-state index < -0.39 is 0 Å². The molecule has 0 aromatic heterocycles. The summed E-state index contributed by atoms with van der Waals surface area (Å²) in [4.78, 5) is 16.8. The zero-order valence-electron chi connectivity index (χ0n) is 13.6. The van der Waals surface area contributed by atoms with Gasteiger partial charge in [-0.25, -0.2) is 5.32 Å². The highest BCUT2D eigenvalue weighted by Crippen LogP contribution is 2.13. The van der Waals surface area contributed by atoms with E-state index in [0.717, 1.165) is 65.0 Å². The Morgan fingerprint density at radius 2 is 1.65 bits per heavy atom. The summed E-state index contributed by atoms with van der Waals surface area (Å²) >= 11 is 0. The highest BCUT2D eigenvalue weighted by atomic mass is 16.2. The van der Waals surface area contributed by atoms with Crippen molar-refractivity contribution >= 4 is 5.91 Å². The molecule has 1 fully saturated rings. The van der Waals surface area contributed by atoms with Crippen LogP contribution in [0.25, 0.3) is 0 Å². The molecule has 0 unspecified atom stereocenters. The zero-order chi connectivity index (χ0) is 14.8. The molecule has 1 aliphatic rings. The van der Waals surface area contributed by atoms with Gasteiger partial charge < -0.3 is 9.80 Å². The maximum absolute atomic E-state index is 12.3. The van der Waals surface area contributed by atoms with Crippen LogP contribution in [0.3, 0.4) is 0 Å². The van der Waals surface area contributed by atoms with Crippen molar-refractivity contribution in [3.05, 3.63) is 0 Å². The van der Waals surface area contributed by atoms with Crippen molar-refractivity contribution in [2.75, 3.05) is 39.3 Å². The second-order valence-electron chi connectivity index (χ2n) is 5.66. The molecule has 0 bridgehead atoms. The van der Waals surface area contributed by atoms with E-state index in [9.17, 15) is 4.79 Å². The molecule has 0 saturated carbocycles. The first-order valence-electron chi connectivity index (χ1n) is 8.37. The highest BCUT2D eigenvalue weighted by molar-refractivity contribution is 5.76. The Balaban J connectivity index is 2.39. The lowest BCUT2D eigenvalue weighted by Crippen LogP contribution is -2.43. The van der Waals surface area contributed by atoms with Gasteiger partial charge in [0.15, 0.2) is 0 Å². The average Bonchev–Trinajstić information content (AvgIpc) is 2.48. The first-order valence-corrected chi connectivity index (χ1v) is 8.37. The molecule has 0 aromatic carbocycles. The van der Waals surface area contributed by atoms with Crippen molar-refractivity contribution in [3.63, 3.8) is 0 Å². The van der Waals surface area contributed by atoms with Gasteiger partial charge >= 0.3 is 0 Å². The Labute approximate surface area is 124 Å². The molecule has 4 heteroatoms. The van der Waals surface area contributed by atoms with E-state index in [4.69, 9.17) is 0 Å². The van der Waals surface area contributed by atoms with Gasteiger partial charge in [-0.3, -0.25) is 4.79 Å². The number of piperidine rings is 1. The van der Waals surface area contributed by atoms with Crippen molar-refractivity contribution in [1.82, 2.24) is 15.1 Å². The molecule has 0 N–H and O–H groups in total. The van der Waals surface area contributed by atoms with E-state index in [1.54, 1.807) is 0 Å². The summed E-state index contributed by atoms with van der Waals surface area (Å²) in [7, 11) is 0. The lowest BCUT2D eigenvalue weighted by molar-refractivity contribution is -0.131. The fraction of sp³-hybridized carbons (Fsp3) is 0.938. The molecule has 0 spiro atoms. The van der Waals surface area contributed by atoms with Crippen molar-refractivity contribution in [2.45, 2.75) is 58.9 Å². The summed E-state index contributed by atoms with van der Waals surface area (Å²) in [5.41, 5.74) is 0. The van der Waals surface area contributed by atoms with E-state index in [-0.39, 0.29) is 0 Å². The van der Waals surface area contributed by atoms with E-state index in [2.05, 4.69) is 31.0 Å². The minimum atomic E-state index is 0.327. The van der Waals surface area contributed by atoms with E-state index in [1.807, 2.05) is 4.90 Å². The molecule has 0 atom stereocenters. The molecule has 1 amide bonds. The third kappa shape index (κ3) is 5.80. The molecule has 1 radical (unpaired) electrons. The van der Waals surface area contributed by atoms with E-state index in [0.29, 0.717) is 18.4 Å². The van der Waals surface area contributed by atoms with Crippen molar-refractivity contribution in [1.29, 1.82) is 0 Å². The fourth-order valence-corrected chi connectivity index (χ4v) is 3.00. The Kier molecular flexibility index (Phi) is 8.86. The molecule has 117 valence electrons. The maximum Gasteiger partial charge on any atom is 0.223 e. The smallest absolute Gasteiger partial charge is 0.223 e. The summed E-state index contributed by atoms with van der Waals surface area (Å²) < 4.78 is 0. The van der Waals surface area contributed by atoms with Gasteiger partial charge in [-0.2, -0.15) is 0 Å². The van der Waals surface area contributed by atoms with Crippen molar-refractivity contribution in [3.8, 4) is 0 Å². The normalized spacial score (nSPS) is 16.6. The van der Waals surface area contributed by atoms with E-state index >= 15 is 0 Å². The highest BCUT2D eigenvalue weighted by Gasteiger charge is 2.21. The summed E-state index contributed by atoms with van der Waals surface area (Å²) in [5, 5.41) is 4.41. The first kappa shape index (κ1) is 17.4. The topological polar surface area (TPSA) is 37.7 Å². The molecule has 4 nitrogen and oxygen atoms in total. The third-order valence-corrected chi connectivity index (χ3v) is 4.12. The van der Waals surface area contributed by atoms with Gasteiger partial charge in [-0.05, 0) is 32.2 Å². The Bertz CT molecular complexity index is 258. The van der Waals surface area contributed by atoms with Gasteiger partial charge in [0.2, 0.25) is 5.91 Å². The quantitative estimate of drug-likeness (QED) is 0.649. The molecule has 0 aromatic rings.